The van der Waals surface area contributed by atoms with Crippen LogP contribution in [0.2, 0.25) is 0 Å². The van der Waals surface area contributed by atoms with Crippen LogP contribution in [0.25, 0.3) is 16.7 Å². The molecule has 0 aliphatic rings. The van der Waals surface area contributed by atoms with E-state index in [0.717, 1.165) is 33.9 Å². The van der Waals surface area contributed by atoms with Gasteiger partial charge in [-0.3, -0.25) is 9.36 Å². The summed E-state index contributed by atoms with van der Waals surface area (Å²) in [7, 11) is 1.61. The maximum atomic E-state index is 12.3. The number of aryl methyl sites for hydroxylation is 1. The minimum absolute atomic E-state index is 0.133. The minimum atomic E-state index is -0.133. The third-order valence-electron chi connectivity index (χ3n) is 5.02. The lowest BCUT2D eigenvalue weighted by atomic mass is 10.2. The Morgan fingerprint density at radius 2 is 1.81 bits per heavy atom. The number of carbonyl (C=O) groups excluding carboxylic acids is 1. The maximum absolute atomic E-state index is 12.3. The fourth-order valence-corrected chi connectivity index (χ4v) is 3.47. The first kappa shape index (κ1) is 20.6. The zero-order valence-corrected chi connectivity index (χ0v) is 17.7. The van der Waals surface area contributed by atoms with Crippen molar-refractivity contribution >= 4 is 16.9 Å². The molecule has 0 spiro atoms. The predicted octanol–water partition coefficient (Wildman–Crippen LogP) is 4.29. The Morgan fingerprint density at radius 3 is 2.55 bits per heavy atom. The molecular weight excluding hydrogens is 390 g/mol. The SMILES string of the molecule is COCCNC(=O)c1ccc2c(c1)nc(C)n2-c1ccc(OCc2ccccc2)cc1. The molecule has 6 nitrogen and oxygen atoms in total. The molecule has 1 amide bonds. The van der Waals surface area contributed by atoms with Crippen LogP contribution in [-0.2, 0) is 11.3 Å². The number of methoxy groups -OCH3 is 1. The molecule has 0 radical (unpaired) electrons. The Morgan fingerprint density at radius 1 is 1.03 bits per heavy atom. The minimum Gasteiger partial charge on any atom is -0.489 e. The summed E-state index contributed by atoms with van der Waals surface area (Å²) in [6, 6.07) is 23.6. The van der Waals surface area contributed by atoms with Gasteiger partial charge in [0.1, 0.15) is 18.2 Å². The van der Waals surface area contributed by atoms with Gasteiger partial charge in [-0.15, -0.1) is 0 Å². The quantitative estimate of drug-likeness (QED) is 0.436. The van der Waals surface area contributed by atoms with Gasteiger partial charge in [0.2, 0.25) is 0 Å². The van der Waals surface area contributed by atoms with Crippen LogP contribution in [0.4, 0.5) is 0 Å². The van der Waals surface area contributed by atoms with Gasteiger partial charge in [0, 0.05) is 24.9 Å². The smallest absolute Gasteiger partial charge is 0.251 e. The van der Waals surface area contributed by atoms with E-state index in [4.69, 9.17) is 9.47 Å². The summed E-state index contributed by atoms with van der Waals surface area (Å²) < 4.78 is 12.9. The van der Waals surface area contributed by atoms with Crippen molar-refractivity contribution in [3.63, 3.8) is 0 Å². The van der Waals surface area contributed by atoms with Gasteiger partial charge in [0.25, 0.3) is 5.91 Å². The number of hydrogen-bond acceptors (Lipinski definition) is 4. The number of amides is 1. The molecule has 31 heavy (non-hydrogen) atoms. The van der Waals surface area contributed by atoms with Crippen LogP contribution in [-0.4, -0.2) is 35.7 Å². The van der Waals surface area contributed by atoms with Crippen molar-refractivity contribution in [2.24, 2.45) is 0 Å². The molecule has 0 saturated carbocycles. The van der Waals surface area contributed by atoms with Crippen molar-refractivity contribution in [2.75, 3.05) is 20.3 Å². The molecule has 1 aromatic heterocycles. The highest BCUT2D eigenvalue weighted by Crippen LogP contribution is 2.24. The molecular formula is C25H25N3O3. The summed E-state index contributed by atoms with van der Waals surface area (Å²) in [5.41, 5.74) is 4.43. The zero-order valence-electron chi connectivity index (χ0n) is 17.7. The van der Waals surface area contributed by atoms with E-state index in [1.54, 1.807) is 7.11 Å². The van der Waals surface area contributed by atoms with Gasteiger partial charge in [0.15, 0.2) is 0 Å². The summed E-state index contributed by atoms with van der Waals surface area (Å²) in [5.74, 6) is 1.53. The molecule has 0 saturated heterocycles. The molecule has 4 aromatic rings. The normalized spacial score (nSPS) is 10.9. The van der Waals surface area contributed by atoms with E-state index in [2.05, 4.69) is 14.9 Å². The number of fused-ring (bicyclic) bond motifs is 1. The number of rotatable bonds is 8. The van der Waals surface area contributed by atoms with E-state index in [0.29, 0.717) is 25.3 Å². The highest BCUT2D eigenvalue weighted by atomic mass is 16.5. The summed E-state index contributed by atoms with van der Waals surface area (Å²) in [6.07, 6.45) is 0. The lowest BCUT2D eigenvalue weighted by Crippen LogP contribution is -2.26. The first-order chi connectivity index (χ1) is 15.2. The molecule has 0 aliphatic heterocycles. The van der Waals surface area contributed by atoms with Crippen molar-refractivity contribution in [3.8, 4) is 11.4 Å². The van der Waals surface area contributed by atoms with Crippen LogP contribution >= 0.6 is 0 Å². The third kappa shape index (κ3) is 4.75. The molecule has 0 fully saturated rings. The van der Waals surface area contributed by atoms with Crippen LogP contribution in [0.1, 0.15) is 21.7 Å². The highest BCUT2D eigenvalue weighted by molar-refractivity contribution is 5.97. The van der Waals surface area contributed by atoms with Gasteiger partial charge in [-0.2, -0.15) is 0 Å². The molecule has 6 heteroatoms. The molecule has 1 heterocycles. The zero-order chi connectivity index (χ0) is 21.6. The number of nitrogens with zero attached hydrogens (tertiary/aromatic N) is 2. The van der Waals surface area contributed by atoms with Crippen molar-refractivity contribution in [1.82, 2.24) is 14.9 Å². The van der Waals surface area contributed by atoms with E-state index in [1.165, 1.54) is 0 Å². The van der Waals surface area contributed by atoms with Gasteiger partial charge in [-0.05, 0) is 55.0 Å². The van der Waals surface area contributed by atoms with Crippen LogP contribution in [0.15, 0.2) is 72.8 Å². The number of carbonyl (C=O) groups is 1. The Kier molecular flexibility index (Phi) is 6.29. The Balaban J connectivity index is 1.52. The van der Waals surface area contributed by atoms with E-state index < -0.39 is 0 Å². The summed E-state index contributed by atoms with van der Waals surface area (Å²) in [6.45, 7) is 3.44. The Labute approximate surface area is 181 Å². The summed E-state index contributed by atoms with van der Waals surface area (Å²) in [5, 5.41) is 2.84. The number of hydrogen-bond donors (Lipinski definition) is 1. The van der Waals surface area contributed by atoms with Crippen molar-refractivity contribution in [1.29, 1.82) is 0 Å². The number of ether oxygens (including phenoxy) is 2. The maximum Gasteiger partial charge on any atom is 0.251 e. The van der Waals surface area contributed by atoms with Crippen LogP contribution in [0, 0.1) is 6.92 Å². The molecule has 0 atom stereocenters. The molecule has 0 unspecified atom stereocenters. The Bertz CT molecular complexity index is 1170. The van der Waals surface area contributed by atoms with Gasteiger partial charge < -0.3 is 14.8 Å². The van der Waals surface area contributed by atoms with E-state index in [-0.39, 0.29) is 5.91 Å². The molecule has 1 N–H and O–H groups in total. The van der Waals surface area contributed by atoms with Crippen molar-refractivity contribution < 1.29 is 14.3 Å². The van der Waals surface area contributed by atoms with Crippen molar-refractivity contribution in [2.45, 2.75) is 13.5 Å². The van der Waals surface area contributed by atoms with Gasteiger partial charge in [0.05, 0.1) is 17.6 Å². The standard InChI is InChI=1S/C25H25N3O3/c1-18-27-23-16-20(25(29)26-14-15-30-2)8-13-24(23)28(18)21-9-11-22(12-10-21)31-17-19-6-4-3-5-7-19/h3-13,16H,14-15,17H2,1-2H3,(H,26,29). The number of benzene rings is 3. The third-order valence-corrected chi connectivity index (χ3v) is 5.02. The second-order valence-corrected chi connectivity index (χ2v) is 7.21. The number of aromatic nitrogens is 2. The second-order valence-electron chi connectivity index (χ2n) is 7.21. The monoisotopic (exact) mass is 415 g/mol. The average molecular weight is 415 g/mol. The fraction of sp³-hybridized carbons (Fsp3) is 0.200. The number of imidazole rings is 1. The summed E-state index contributed by atoms with van der Waals surface area (Å²) >= 11 is 0. The molecule has 158 valence electrons. The first-order valence-electron chi connectivity index (χ1n) is 10.2. The van der Waals surface area contributed by atoms with Crippen LogP contribution < -0.4 is 10.1 Å². The average Bonchev–Trinajstić information content (AvgIpc) is 3.13. The molecule has 4 rings (SSSR count). The molecule has 0 aliphatic carbocycles. The largest absolute Gasteiger partial charge is 0.489 e. The van der Waals surface area contributed by atoms with E-state index in [1.807, 2.05) is 79.7 Å². The van der Waals surface area contributed by atoms with Crippen LogP contribution in [0.3, 0.4) is 0 Å². The second kappa shape index (κ2) is 9.45. The Hall–Kier alpha value is -3.64. The first-order valence-corrected chi connectivity index (χ1v) is 10.2. The lowest BCUT2D eigenvalue weighted by molar-refractivity contribution is 0.0937. The molecule has 0 bridgehead atoms. The van der Waals surface area contributed by atoms with Crippen molar-refractivity contribution in [3.05, 3.63) is 89.7 Å². The topological polar surface area (TPSA) is 65.4 Å². The molecule has 3 aromatic carbocycles. The number of nitrogens with one attached hydrogen (secondary N) is 1. The van der Waals surface area contributed by atoms with E-state index in [9.17, 15) is 4.79 Å². The lowest BCUT2D eigenvalue weighted by Gasteiger charge is -2.10. The van der Waals surface area contributed by atoms with Gasteiger partial charge in [-0.25, -0.2) is 4.98 Å². The van der Waals surface area contributed by atoms with Gasteiger partial charge >= 0.3 is 0 Å². The predicted molar refractivity (Wildman–Crippen MR) is 121 cm³/mol. The fourth-order valence-electron chi connectivity index (χ4n) is 3.47. The van der Waals surface area contributed by atoms with Gasteiger partial charge in [-0.1, -0.05) is 30.3 Å². The van der Waals surface area contributed by atoms with E-state index >= 15 is 0 Å². The summed E-state index contributed by atoms with van der Waals surface area (Å²) in [4.78, 5) is 17.0. The highest BCUT2D eigenvalue weighted by Gasteiger charge is 2.13. The van der Waals surface area contributed by atoms with Crippen LogP contribution in [0.5, 0.6) is 5.75 Å².